The van der Waals surface area contributed by atoms with Crippen LogP contribution in [0, 0.1) is 36.9 Å². The Morgan fingerprint density at radius 2 is 1.85 bits per heavy atom. The van der Waals surface area contributed by atoms with Crippen LogP contribution in [0.4, 0.5) is 15.9 Å². The number of hydrogen-bond acceptors (Lipinski definition) is 6. The number of carbonyl (C=O) groups is 1. The average molecular weight is 542 g/mol. The van der Waals surface area contributed by atoms with Gasteiger partial charge in [0.25, 0.3) is 5.91 Å². The van der Waals surface area contributed by atoms with E-state index in [1.54, 1.807) is 4.90 Å². The number of para-hydroxylation sites is 1. The van der Waals surface area contributed by atoms with Gasteiger partial charge in [-0.25, -0.2) is 9.37 Å². The van der Waals surface area contributed by atoms with Crippen LogP contribution in [0.25, 0.3) is 0 Å². The van der Waals surface area contributed by atoms with Gasteiger partial charge in [-0.05, 0) is 80.0 Å². The molecule has 1 atom stereocenters. The maximum atomic E-state index is 13.8. The molecular weight excluding hydrogens is 505 g/mol. The van der Waals surface area contributed by atoms with Gasteiger partial charge in [0.1, 0.15) is 17.7 Å². The number of carbonyl (C=O) groups excluding carboxylic acids is 1. The van der Waals surface area contributed by atoms with Crippen molar-refractivity contribution in [2.45, 2.75) is 39.2 Å². The number of aryl methyl sites for hydroxylation is 2. The van der Waals surface area contributed by atoms with Gasteiger partial charge in [0, 0.05) is 50.6 Å². The van der Waals surface area contributed by atoms with Gasteiger partial charge in [0.15, 0.2) is 0 Å². The second-order valence-electron chi connectivity index (χ2n) is 11.0. The summed E-state index contributed by atoms with van der Waals surface area (Å²) in [6.07, 6.45) is 4.40. The summed E-state index contributed by atoms with van der Waals surface area (Å²) in [5, 5.41) is 19.6. The number of anilines is 2. The summed E-state index contributed by atoms with van der Waals surface area (Å²) in [5.41, 5.74) is 5.78. The second kappa shape index (κ2) is 12.1. The first-order valence-electron chi connectivity index (χ1n) is 14.0. The Hall–Kier alpha value is -3.96. The Kier molecular flexibility index (Phi) is 8.32. The molecule has 3 heterocycles. The van der Waals surface area contributed by atoms with Crippen LogP contribution in [-0.2, 0) is 6.42 Å². The number of aliphatic hydroxyl groups excluding tert-OH is 1. The molecule has 2 aliphatic rings. The van der Waals surface area contributed by atoms with Crippen LogP contribution in [0.15, 0.2) is 54.7 Å². The van der Waals surface area contributed by atoms with E-state index in [0.717, 1.165) is 49.2 Å². The number of piperidine rings is 1. The Labute approximate surface area is 235 Å². The molecule has 2 saturated heterocycles. The summed E-state index contributed by atoms with van der Waals surface area (Å²) in [5.74, 6) is 0.575. The van der Waals surface area contributed by atoms with E-state index >= 15 is 0 Å². The van der Waals surface area contributed by atoms with E-state index in [1.807, 2.05) is 36.1 Å². The number of nitriles is 1. The van der Waals surface area contributed by atoms with E-state index in [-0.39, 0.29) is 24.4 Å². The quantitative estimate of drug-likeness (QED) is 0.495. The van der Waals surface area contributed by atoms with Crippen LogP contribution < -0.4 is 9.80 Å². The normalized spacial score (nSPS) is 18.1. The van der Waals surface area contributed by atoms with Crippen molar-refractivity contribution in [1.82, 2.24) is 9.88 Å². The van der Waals surface area contributed by atoms with Crippen LogP contribution in [0.5, 0.6) is 0 Å². The van der Waals surface area contributed by atoms with Crippen molar-refractivity contribution in [2.75, 3.05) is 49.1 Å². The molecule has 0 aliphatic carbocycles. The van der Waals surface area contributed by atoms with Crippen molar-refractivity contribution < 1.29 is 14.3 Å². The van der Waals surface area contributed by atoms with Crippen molar-refractivity contribution in [3.63, 3.8) is 0 Å². The van der Waals surface area contributed by atoms with Crippen molar-refractivity contribution in [1.29, 1.82) is 5.26 Å². The minimum Gasteiger partial charge on any atom is -0.394 e. The summed E-state index contributed by atoms with van der Waals surface area (Å²) in [6, 6.07) is 16.6. The molecule has 1 N–H and O–H groups in total. The molecule has 2 aromatic carbocycles. The summed E-state index contributed by atoms with van der Waals surface area (Å²) in [7, 11) is 0. The van der Waals surface area contributed by atoms with Crippen LogP contribution in [-0.4, -0.2) is 66.3 Å². The van der Waals surface area contributed by atoms with E-state index in [9.17, 15) is 19.6 Å². The van der Waals surface area contributed by atoms with Crippen molar-refractivity contribution in [3.05, 3.63) is 88.4 Å². The molecule has 208 valence electrons. The highest BCUT2D eigenvalue weighted by Gasteiger charge is 2.31. The van der Waals surface area contributed by atoms with Gasteiger partial charge in [-0.1, -0.05) is 18.2 Å². The molecule has 3 aromatic rings. The zero-order valence-corrected chi connectivity index (χ0v) is 23.2. The smallest absolute Gasteiger partial charge is 0.254 e. The molecule has 2 aliphatic heterocycles. The maximum Gasteiger partial charge on any atom is 0.254 e. The number of piperazine rings is 1. The van der Waals surface area contributed by atoms with Crippen molar-refractivity contribution in [3.8, 4) is 6.07 Å². The molecule has 1 aromatic heterocycles. The maximum absolute atomic E-state index is 13.8. The number of hydrogen-bond donors (Lipinski definition) is 1. The molecule has 0 saturated carbocycles. The molecule has 1 amide bonds. The molecule has 40 heavy (non-hydrogen) atoms. The minimum atomic E-state index is -0.374. The van der Waals surface area contributed by atoms with Gasteiger partial charge in [0.2, 0.25) is 0 Å². The van der Waals surface area contributed by atoms with Crippen molar-refractivity contribution >= 4 is 17.4 Å². The topological polar surface area (TPSA) is 83.7 Å². The van der Waals surface area contributed by atoms with E-state index in [4.69, 9.17) is 0 Å². The summed E-state index contributed by atoms with van der Waals surface area (Å²) >= 11 is 0. The lowest BCUT2D eigenvalue weighted by atomic mass is 9.86. The SMILES string of the molecule is Cc1cc(C)c(C(=O)N2CCN(c3cc(F)ccn3)[C@@H](CO)C2)cc1CC1CCN(c2ccccc2C#N)CC1. The van der Waals surface area contributed by atoms with E-state index in [0.29, 0.717) is 36.9 Å². The minimum absolute atomic E-state index is 0.0352. The third kappa shape index (κ3) is 5.80. The average Bonchev–Trinajstić information content (AvgIpc) is 2.98. The molecule has 5 rings (SSSR count). The first-order chi connectivity index (χ1) is 19.4. The lowest BCUT2D eigenvalue weighted by Crippen LogP contribution is -2.56. The molecular formula is C32H36FN5O2. The summed E-state index contributed by atoms with van der Waals surface area (Å²) < 4.78 is 13.8. The number of aromatic nitrogens is 1. The lowest BCUT2D eigenvalue weighted by Gasteiger charge is -2.41. The Morgan fingerprint density at radius 1 is 1.07 bits per heavy atom. The molecule has 0 unspecified atom stereocenters. The standard InChI is InChI=1S/C32H36FN5O2/c1-22-15-23(2)29(32(40)37-13-14-38(28(20-37)21-39)31-18-27(33)7-10-35-31)17-26(22)16-24-8-11-36(12-9-24)30-6-4-3-5-25(30)19-34/h3-7,10,15,17-18,24,28,39H,8-9,11-14,16,20-21H2,1-2H3/t28-/m1/s1. The monoisotopic (exact) mass is 541 g/mol. The Bertz CT molecular complexity index is 1410. The lowest BCUT2D eigenvalue weighted by molar-refractivity contribution is 0.0697. The number of nitrogens with zero attached hydrogens (tertiary/aromatic N) is 5. The van der Waals surface area contributed by atoms with Crippen molar-refractivity contribution in [2.24, 2.45) is 5.92 Å². The summed E-state index contributed by atoms with van der Waals surface area (Å²) in [6.45, 7) is 7.04. The van der Waals surface area contributed by atoms with Crippen LogP contribution >= 0.6 is 0 Å². The van der Waals surface area contributed by atoms with E-state index in [1.165, 1.54) is 29.5 Å². The molecule has 0 radical (unpaired) electrons. The van der Waals surface area contributed by atoms with E-state index < -0.39 is 0 Å². The fourth-order valence-electron chi connectivity index (χ4n) is 6.10. The molecule has 0 spiro atoms. The highest BCUT2D eigenvalue weighted by atomic mass is 19.1. The fourth-order valence-corrected chi connectivity index (χ4v) is 6.10. The zero-order valence-electron chi connectivity index (χ0n) is 23.2. The summed E-state index contributed by atoms with van der Waals surface area (Å²) in [4.78, 5) is 24.0. The number of rotatable bonds is 6. The third-order valence-electron chi connectivity index (χ3n) is 8.38. The third-order valence-corrected chi connectivity index (χ3v) is 8.38. The molecule has 2 fully saturated rings. The fraction of sp³-hybridized carbons (Fsp3) is 0.406. The second-order valence-corrected chi connectivity index (χ2v) is 11.0. The zero-order chi connectivity index (χ0) is 28.2. The predicted molar refractivity (Wildman–Crippen MR) is 154 cm³/mol. The largest absolute Gasteiger partial charge is 0.394 e. The number of amides is 1. The van der Waals surface area contributed by atoms with Gasteiger partial charge in [-0.3, -0.25) is 4.79 Å². The number of pyridine rings is 1. The number of aliphatic hydroxyl groups is 1. The highest BCUT2D eigenvalue weighted by molar-refractivity contribution is 5.96. The highest BCUT2D eigenvalue weighted by Crippen LogP contribution is 2.30. The van der Waals surface area contributed by atoms with Gasteiger partial charge in [0.05, 0.1) is 23.9 Å². The van der Waals surface area contributed by atoms with Gasteiger partial charge in [-0.15, -0.1) is 0 Å². The van der Waals surface area contributed by atoms with Crippen LogP contribution in [0.3, 0.4) is 0 Å². The molecule has 0 bridgehead atoms. The van der Waals surface area contributed by atoms with E-state index in [2.05, 4.69) is 35.0 Å². The van der Waals surface area contributed by atoms with Crippen LogP contribution in [0.2, 0.25) is 0 Å². The predicted octanol–water partition coefficient (Wildman–Crippen LogP) is 4.49. The first-order valence-corrected chi connectivity index (χ1v) is 14.0. The number of benzene rings is 2. The number of halogens is 1. The van der Waals surface area contributed by atoms with Crippen LogP contribution in [0.1, 0.15) is 45.5 Å². The first kappa shape index (κ1) is 27.6. The van der Waals surface area contributed by atoms with Gasteiger partial charge >= 0.3 is 0 Å². The Morgan fingerprint density at radius 3 is 2.58 bits per heavy atom. The van der Waals surface area contributed by atoms with Gasteiger partial charge in [-0.2, -0.15) is 5.26 Å². The Balaban J connectivity index is 1.26. The molecule has 7 nitrogen and oxygen atoms in total. The molecule has 8 heteroatoms. The van der Waals surface area contributed by atoms with Gasteiger partial charge < -0.3 is 19.8 Å².